The van der Waals surface area contributed by atoms with Crippen LogP contribution in [0.5, 0.6) is 0 Å². The van der Waals surface area contributed by atoms with Crippen LogP contribution >= 0.6 is 0 Å². The van der Waals surface area contributed by atoms with Crippen molar-refractivity contribution < 1.29 is 9.47 Å². The number of hydrogen-bond acceptors (Lipinski definition) is 2. The van der Waals surface area contributed by atoms with Gasteiger partial charge in [-0.05, 0) is 19.3 Å². The Labute approximate surface area is 162 Å². The highest BCUT2D eigenvalue weighted by Crippen LogP contribution is 2.34. The number of benzene rings is 1. The highest BCUT2D eigenvalue weighted by molar-refractivity contribution is 5.20. The lowest BCUT2D eigenvalue weighted by molar-refractivity contribution is -0.252. The molecular weight excluding hydrogens is 320 g/mol. The fourth-order valence-corrected chi connectivity index (χ4v) is 3.27. The molecule has 0 amide bonds. The molecule has 1 rings (SSSR count). The normalized spacial score (nSPS) is 11.8. The lowest BCUT2D eigenvalue weighted by atomic mass is 9.97. The molecule has 0 saturated carbocycles. The molecule has 2 nitrogen and oxygen atoms in total. The second kappa shape index (κ2) is 15.2. The van der Waals surface area contributed by atoms with Gasteiger partial charge < -0.3 is 9.47 Å². The van der Waals surface area contributed by atoms with Crippen LogP contribution in [0.3, 0.4) is 0 Å². The second-order valence-electron chi connectivity index (χ2n) is 7.39. The minimum absolute atomic E-state index is 0.560. The average molecular weight is 363 g/mol. The van der Waals surface area contributed by atoms with Gasteiger partial charge in [0.1, 0.15) is 0 Å². The third kappa shape index (κ3) is 9.19. The summed E-state index contributed by atoms with van der Waals surface area (Å²) in [6.07, 6.45) is 14.6. The standard InChI is InChI=1S/C24H42O2/c1-4-7-10-11-12-13-17-20-24(25-21-8-5-2,26-22-9-6-3)23-18-15-14-16-19-23/h14-16,18-19H,4-13,17,20-22H2,1-3H3. The van der Waals surface area contributed by atoms with E-state index in [2.05, 4.69) is 51.1 Å². The van der Waals surface area contributed by atoms with E-state index in [4.69, 9.17) is 9.47 Å². The van der Waals surface area contributed by atoms with Gasteiger partial charge in [0.05, 0.1) is 13.2 Å². The quantitative estimate of drug-likeness (QED) is 0.210. The van der Waals surface area contributed by atoms with Gasteiger partial charge in [-0.2, -0.15) is 0 Å². The SMILES string of the molecule is CCCCCCCCCC(OCCCC)(OCCCC)c1ccccc1. The summed E-state index contributed by atoms with van der Waals surface area (Å²) >= 11 is 0. The Morgan fingerprint density at radius 3 is 1.65 bits per heavy atom. The highest BCUT2D eigenvalue weighted by Gasteiger charge is 2.33. The predicted molar refractivity (Wildman–Crippen MR) is 112 cm³/mol. The molecule has 0 saturated heterocycles. The minimum Gasteiger partial charge on any atom is -0.346 e. The van der Waals surface area contributed by atoms with Gasteiger partial charge in [0, 0.05) is 12.0 Å². The first-order valence-electron chi connectivity index (χ1n) is 11.1. The van der Waals surface area contributed by atoms with Crippen LogP contribution in [0.25, 0.3) is 0 Å². The van der Waals surface area contributed by atoms with Crippen molar-refractivity contribution in [2.45, 2.75) is 104 Å². The molecule has 0 N–H and O–H groups in total. The molecule has 2 heteroatoms. The van der Waals surface area contributed by atoms with Crippen LogP contribution in [0.2, 0.25) is 0 Å². The molecule has 0 atom stereocenters. The molecule has 0 heterocycles. The maximum absolute atomic E-state index is 6.43. The third-order valence-electron chi connectivity index (χ3n) is 4.99. The van der Waals surface area contributed by atoms with Gasteiger partial charge >= 0.3 is 0 Å². The van der Waals surface area contributed by atoms with E-state index in [1.807, 2.05) is 0 Å². The zero-order chi connectivity index (χ0) is 18.9. The van der Waals surface area contributed by atoms with Crippen molar-refractivity contribution in [3.8, 4) is 0 Å². The van der Waals surface area contributed by atoms with Gasteiger partial charge in [-0.3, -0.25) is 0 Å². The van der Waals surface area contributed by atoms with Gasteiger partial charge in [-0.25, -0.2) is 0 Å². The molecule has 0 radical (unpaired) electrons. The molecule has 0 aliphatic heterocycles. The summed E-state index contributed by atoms with van der Waals surface area (Å²) < 4.78 is 12.9. The van der Waals surface area contributed by atoms with Gasteiger partial charge in [-0.1, -0.05) is 102 Å². The lowest BCUT2D eigenvalue weighted by Gasteiger charge is -2.35. The van der Waals surface area contributed by atoms with Gasteiger partial charge in [0.25, 0.3) is 0 Å². The summed E-state index contributed by atoms with van der Waals surface area (Å²) in [5, 5.41) is 0. The number of hydrogen-bond donors (Lipinski definition) is 0. The third-order valence-corrected chi connectivity index (χ3v) is 4.99. The van der Waals surface area contributed by atoms with Crippen LogP contribution in [-0.4, -0.2) is 13.2 Å². The van der Waals surface area contributed by atoms with Crippen molar-refractivity contribution in [3.05, 3.63) is 35.9 Å². The lowest BCUT2D eigenvalue weighted by Crippen LogP contribution is -2.34. The molecule has 1 aromatic carbocycles. The van der Waals surface area contributed by atoms with Crippen molar-refractivity contribution in [1.82, 2.24) is 0 Å². The zero-order valence-corrected chi connectivity index (χ0v) is 17.6. The molecule has 0 bridgehead atoms. The van der Waals surface area contributed by atoms with Crippen molar-refractivity contribution in [3.63, 3.8) is 0 Å². The molecule has 0 spiro atoms. The predicted octanol–water partition coefficient (Wildman–Crippen LogP) is 7.61. The van der Waals surface area contributed by atoms with E-state index in [0.29, 0.717) is 0 Å². The largest absolute Gasteiger partial charge is 0.346 e. The van der Waals surface area contributed by atoms with Crippen LogP contribution in [0, 0.1) is 0 Å². The zero-order valence-electron chi connectivity index (χ0n) is 17.6. The molecule has 26 heavy (non-hydrogen) atoms. The van der Waals surface area contributed by atoms with Crippen LogP contribution in [0.15, 0.2) is 30.3 Å². The van der Waals surface area contributed by atoms with E-state index in [-0.39, 0.29) is 0 Å². The molecule has 0 unspecified atom stereocenters. The minimum atomic E-state index is -0.560. The fraction of sp³-hybridized carbons (Fsp3) is 0.750. The maximum atomic E-state index is 6.43. The van der Waals surface area contributed by atoms with Crippen molar-refractivity contribution in [2.75, 3.05) is 13.2 Å². The highest BCUT2D eigenvalue weighted by atomic mass is 16.7. The number of unbranched alkanes of at least 4 members (excludes halogenated alkanes) is 8. The summed E-state index contributed by atoms with van der Waals surface area (Å²) in [6.45, 7) is 8.24. The molecule has 0 aliphatic rings. The Morgan fingerprint density at radius 1 is 0.615 bits per heavy atom. The Balaban J connectivity index is 2.69. The summed E-state index contributed by atoms with van der Waals surface area (Å²) in [4.78, 5) is 0. The van der Waals surface area contributed by atoms with Gasteiger partial charge in [0.2, 0.25) is 0 Å². The first-order chi connectivity index (χ1) is 12.8. The molecule has 0 aliphatic carbocycles. The van der Waals surface area contributed by atoms with E-state index in [1.54, 1.807) is 0 Å². The summed E-state index contributed by atoms with van der Waals surface area (Å²) in [5.74, 6) is -0.560. The van der Waals surface area contributed by atoms with Crippen LogP contribution in [0.1, 0.15) is 103 Å². The molecular formula is C24H42O2. The first kappa shape index (κ1) is 23.2. The summed E-state index contributed by atoms with van der Waals surface area (Å²) in [7, 11) is 0. The Morgan fingerprint density at radius 2 is 1.12 bits per heavy atom. The van der Waals surface area contributed by atoms with Crippen LogP contribution in [0.4, 0.5) is 0 Å². The number of ether oxygens (including phenoxy) is 2. The smallest absolute Gasteiger partial charge is 0.194 e. The maximum Gasteiger partial charge on any atom is 0.194 e. The number of rotatable bonds is 17. The van der Waals surface area contributed by atoms with E-state index >= 15 is 0 Å². The Bertz CT molecular complexity index is 405. The van der Waals surface area contributed by atoms with Crippen molar-refractivity contribution in [2.24, 2.45) is 0 Å². The van der Waals surface area contributed by atoms with E-state index in [0.717, 1.165) is 45.3 Å². The summed E-state index contributed by atoms with van der Waals surface area (Å²) in [5.41, 5.74) is 1.18. The topological polar surface area (TPSA) is 18.5 Å². The molecule has 1 aromatic rings. The molecule has 0 fully saturated rings. The first-order valence-corrected chi connectivity index (χ1v) is 11.1. The van der Waals surface area contributed by atoms with Crippen molar-refractivity contribution in [1.29, 1.82) is 0 Å². The average Bonchev–Trinajstić information content (AvgIpc) is 2.68. The second-order valence-corrected chi connectivity index (χ2v) is 7.39. The van der Waals surface area contributed by atoms with E-state index in [1.165, 1.54) is 50.5 Å². The fourth-order valence-electron chi connectivity index (χ4n) is 3.27. The van der Waals surface area contributed by atoms with E-state index < -0.39 is 5.79 Å². The Kier molecular flexibility index (Phi) is 13.6. The molecule has 0 aromatic heterocycles. The monoisotopic (exact) mass is 362 g/mol. The Hall–Kier alpha value is -0.860. The van der Waals surface area contributed by atoms with Crippen LogP contribution in [-0.2, 0) is 15.3 Å². The summed E-state index contributed by atoms with van der Waals surface area (Å²) in [6, 6.07) is 10.6. The van der Waals surface area contributed by atoms with Gasteiger partial charge in [-0.15, -0.1) is 0 Å². The van der Waals surface area contributed by atoms with Crippen molar-refractivity contribution >= 4 is 0 Å². The van der Waals surface area contributed by atoms with Crippen LogP contribution < -0.4 is 0 Å². The van der Waals surface area contributed by atoms with Gasteiger partial charge in [0.15, 0.2) is 5.79 Å². The molecule has 150 valence electrons. The van der Waals surface area contributed by atoms with E-state index in [9.17, 15) is 0 Å².